The van der Waals surface area contributed by atoms with E-state index < -0.39 is 28.4 Å². The SMILES string of the molecule is CCOC(=O)c1ccc(NC(=O)CN(c2cccc(Cl)c2)S(C)(=O)=O)cc1Cl. The highest BCUT2D eigenvalue weighted by Gasteiger charge is 2.21. The number of hydrogen-bond acceptors (Lipinski definition) is 5. The summed E-state index contributed by atoms with van der Waals surface area (Å²) in [4.78, 5) is 24.1. The second kappa shape index (κ2) is 9.27. The summed E-state index contributed by atoms with van der Waals surface area (Å²) in [6.45, 7) is 1.42. The minimum Gasteiger partial charge on any atom is -0.462 e. The third-order valence-electron chi connectivity index (χ3n) is 3.53. The fraction of sp³-hybridized carbons (Fsp3) is 0.222. The third-order valence-corrected chi connectivity index (χ3v) is 5.22. The monoisotopic (exact) mass is 444 g/mol. The third kappa shape index (κ3) is 5.85. The molecule has 0 heterocycles. The predicted molar refractivity (Wildman–Crippen MR) is 110 cm³/mol. The zero-order valence-electron chi connectivity index (χ0n) is 15.1. The van der Waals surface area contributed by atoms with Crippen molar-refractivity contribution in [3.8, 4) is 0 Å². The number of halogens is 2. The Morgan fingerprint density at radius 1 is 1.14 bits per heavy atom. The number of sulfonamides is 1. The van der Waals surface area contributed by atoms with Crippen molar-refractivity contribution in [2.75, 3.05) is 29.0 Å². The number of rotatable bonds is 7. The van der Waals surface area contributed by atoms with Gasteiger partial charge < -0.3 is 10.1 Å². The van der Waals surface area contributed by atoms with E-state index in [2.05, 4.69) is 5.32 Å². The number of nitrogens with one attached hydrogen (secondary N) is 1. The van der Waals surface area contributed by atoms with Crippen LogP contribution in [0.3, 0.4) is 0 Å². The molecule has 0 atom stereocenters. The molecule has 0 fully saturated rings. The van der Waals surface area contributed by atoms with Crippen molar-refractivity contribution in [1.29, 1.82) is 0 Å². The second-order valence-electron chi connectivity index (χ2n) is 5.71. The number of esters is 1. The smallest absolute Gasteiger partial charge is 0.339 e. The quantitative estimate of drug-likeness (QED) is 0.658. The van der Waals surface area contributed by atoms with Crippen LogP contribution in [0.25, 0.3) is 0 Å². The van der Waals surface area contributed by atoms with Gasteiger partial charge in [0.25, 0.3) is 0 Å². The molecule has 150 valence electrons. The topological polar surface area (TPSA) is 92.8 Å². The molecule has 2 aromatic rings. The normalized spacial score (nSPS) is 11.0. The highest BCUT2D eigenvalue weighted by atomic mass is 35.5. The molecule has 0 aromatic heterocycles. The van der Waals surface area contributed by atoms with Gasteiger partial charge in [-0.3, -0.25) is 9.10 Å². The van der Waals surface area contributed by atoms with Crippen molar-refractivity contribution >= 4 is 56.5 Å². The van der Waals surface area contributed by atoms with Gasteiger partial charge in [-0.2, -0.15) is 0 Å². The van der Waals surface area contributed by atoms with Gasteiger partial charge in [-0.15, -0.1) is 0 Å². The van der Waals surface area contributed by atoms with Crippen molar-refractivity contribution in [2.45, 2.75) is 6.92 Å². The Morgan fingerprint density at radius 2 is 1.86 bits per heavy atom. The van der Waals surface area contributed by atoms with E-state index in [9.17, 15) is 18.0 Å². The van der Waals surface area contributed by atoms with Gasteiger partial charge in [-0.1, -0.05) is 29.3 Å². The minimum atomic E-state index is -3.73. The van der Waals surface area contributed by atoms with E-state index >= 15 is 0 Å². The molecule has 0 unspecified atom stereocenters. The van der Waals surface area contributed by atoms with Crippen LogP contribution in [0, 0.1) is 0 Å². The van der Waals surface area contributed by atoms with Gasteiger partial charge in [0.15, 0.2) is 0 Å². The highest BCUT2D eigenvalue weighted by molar-refractivity contribution is 7.92. The van der Waals surface area contributed by atoms with E-state index in [0.29, 0.717) is 10.7 Å². The fourth-order valence-electron chi connectivity index (χ4n) is 2.33. The molecule has 7 nitrogen and oxygen atoms in total. The Morgan fingerprint density at radius 3 is 2.43 bits per heavy atom. The predicted octanol–water partition coefficient (Wildman–Crippen LogP) is 3.57. The molecule has 1 amide bonds. The number of carbonyl (C=O) groups is 2. The van der Waals surface area contributed by atoms with Gasteiger partial charge >= 0.3 is 5.97 Å². The van der Waals surface area contributed by atoms with Gasteiger partial charge in [-0.25, -0.2) is 13.2 Å². The lowest BCUT2D eigenvalue weighted by Crippen LogP contribution is -2.37. The maximum absolute atomic E-state index is 12.4. The van der Waals surface area contributed by atoms with Crippen molar-refractivity contribution in [2.24, 2.45) is 0 Å². The molecule has 1 N–H and O–H groups in total. The van der Waals surface area contributed by atoms with E-state index in [1.54, 1.807) is 19.1 Å². The summed E-state index contributed by atoms with van der Waals surface area (Å²) in [5.41, 5.74) is 0.738. The lowest BCUT2D eigenvalue weighted by Gasteiger charge is -2.22. The molecule has 0 saturated heterocycles. The molecule has 2 rings (SSSR count). The summed E-state index contributed by atoms with van der Waals surface area (Å²) >= 11 is 12.0. The zero-order valence-corrected chi connectivity index (χ0v) is 17.4. The van der Waals surface area contributed by atoms with E-state index in [4.69, 9.17) is 27.9 Å². The van der Waals surface area contributed by atoms with Crippen LogP contribution in [0.5, 0.6) is 0 Å². The van der Waals surface area contributed by atoms with Crippen LogP contribution in [0.2, 0.25) is 10.0 Å². The number of hydrogen-bond donors (Lipinski definition) is 1. The average Bonchev–Trinajstić information content (AvgIpc) is 2.59. The summed E-state index contributed by atoms with van der Waals surface area (Å²) in [5.74, 6) is -1.17. The van der Waals surface area contributed by atoms with E-state index in [1.807, 2.05) is 0 Å². The van der Waals surface area contributed by atoms with Gasteiger partial charge in [0, 0.05) is 10.7 Å². The summed E-state index contributed by atoms with van der Waals surface area (Å²) in [6.07, 6.45) is 0.992. The molecule has 0 saturated carbocycles. The lowest BCUT2D eigenvalue weighted by molar-refractivity contribution is -0.114. The van der Waals surface area contributed by atoms with Crippen LogP contribution in [0.15, 0.2) is 42.5 Å². The molecule has 0 aliphatic heterocycles. The fourth-order valence-corrected chi connectivity index (χ4v) is 3.62. The van der Waals surface area contributed by atoms with Crippen LogP contribution in [-0.2, 0) is 19.6 Å². The molecule has 28 heavy (non-hydrogen) atoms. The molecule has 10 heteroatoms. The Hall–Kier alpha value is -2.29. The Bertz CT molecular complexity index is 995. The van der Waals surface area contributed by atoms with Gasteiger partial charge in [0.1, 0.15) is 6.54 Å². The van der Waals surface area contributed by atoms with Gasteiger partial charge in [-0.05, 0) is 43.3 Å². The molecule has 0 spiro atoms. The summed E-state index contributed by atoms with van der Waals surface area (Å²) in [7, 11) is -3.73. The molecular weight excluding hydrogens is 427 g/mol. The van der Waals surface area contributed by atoms with Crippen molar-refractivity contribution < 1.29 is 22.7 Å². The van der Waals surface area contributed by atoms with Crippen LogP contribution in [-0.4, -0.2) is 39.7 Å². The molecule has 0 aliphatic rings. The first kappa shape index (κ1) is 22.0. The van der Waals surface area contributed by atoms with Crippen LogP contribution < -0.4 is 9.62 Å². The van der Waals surface area contributed by atoms with Gasteiger partial charge in [0.05, 0.1) is 29.1 Å². The van der Waals surface area contributed by atoms with E-state index in [1.165, 1.54) is 30.3 Å². The first-order valence-corrected chi connectivity index (χ1v) is 10.7. The van der Waals surface area contributed by atoms with Crippen LogP contribution >= 0.6 is 23.2 Å². The van der Waals surface area contributed by atoms with E-state index in [0.717, 1.165) is 10.6 Å². The Labute approximate surface area is 173 Å². The standard InChI is InChI=1S/C18H18Cl2N2O5S/c1-3-27-18(24)15-8-7-13(10-16(15)20)21-17(23)11-22(28(2,25)26)14-6-4-5-12(19)9-14/h4-10H,3,11H2,1-2H3,(H,21,23). The maximum atomic E-state index is 12.4. The van der Waals surface area contributed by atoms with Crippen molar-refractivity contribution in [3.05, 3.63) is 58.1 Å². The number of anilines is 2. The number of amides is 1. The first-order chi connectivity index (χ1) is 13.1. The summed E-state index contributed by atoms with van der Waals surface area (Å²) < 4.78 is 30.0. The largest absolute Gasteiger partial charge is 0.462 e. The van der Waals surface area contributed by atoms with Crippen molar-refractivity contribution in [3.63, 3.8) is 0 Å². The Balaban J connectivity index is 2.17. The number of nitrogens with zero attached hydrogens (tertiary/aromatic N) is 1. The number of carbonyl (C=O) groups excluding carboxylic acids is 2. The Kier molecular flexibility index (Phi) is 7.29. The van der Waals surface area contributed by atoms with Crippen LogP contribution in [0.4, 0.5) is 11.4 Å². The highest BCUT2D eigenvalue weighted by Crippen LogP contribution is 2.24. The summed E-state index contributed by atoms with van der Waals surface area (Å²) in [5, 5.41) is 3.00. The van der Waals surface area contributed by atoms with Crippen LogP contribution in [0.1, 0.15) is 17.3 Å². The van der Waals surface area contributed by atoms with Crippen molar-refractivity contribution in [1.82, 2.24) is 0 Å². The number of benzene rings is 2. The molecule has 2 aromatic carbocycles. The first-order valence-electron chi connectivity index (χ1n) is 8.11. The second-order valence-corrected chi connectivity index (χ2v) is 8.46. The minimum absolute atomic E-state index is 0.103. The van der Waals surface area contributed by atoms with Gasteiger partial charge in [0.2, 0.25) is 15.9 Å². The lowest BCUT2D eigenvalue weighted by atomic mass is 10.2. The molecule has 0 radical (unpaired) electrons. The molecule has 0 aliphatic carbocycles. The average molecular weight is 445 g/mol. The maximum Gasteiger partial charge on any atom is 0.339 e. The number of ether oxygens (including phenoxy) is 1. The molecular formula is C18H18Cl2N2O5S. The summed E-state index contributed by atoms with van der Waals surface area (Å²) in [6, 6.07) is 10.4. The molecule has 0 bridgehead atoms. The van der Waals surface area contributed by atoms with E-state index in [-0.39, 0.29) is 22.9 Å². The zero-order chi connectivity index (χ0) is 20.9.